The predicted molar refractivity (Wildman–Crippen MR) is 63.0 cm³/mol. The Kier molecular flexibility index (Phi) is 3.18. The van der Waals surface area contributed by atoms with Gasteiger partial charge in [-0.3, -0.25) is 0 Å². The highest BCUT2D eigenvalue weighted by Gasteiger charge is 2.21. The van der Waals surface area contributed by atoms with Crippen molar-refractivity contribution >= 4 is 17.4 Å². The van der Waals surface area contributed by atoms with Gasteiger partial charge in [0.1, 0.15) is 11.6 Å². The van der Waals surface area contributed by atoms with Gasteiger partial charge in [0.25, 0.3) is 0 Å². The maximum atomic E-state index is 13.7. The van der Waals surface area contributed by atoms with E-state index in [1.807, 2.05) is 0 Å². The predicted octanol–water partition coefficient (Wildman–Crippen LogP) is 2.31. The van der Waals surface area contributed by atoms with Gasteiger partial charge in [0.15, 0.2) is 0 Å². The van der Waals surface area contributed by atoms with Gasteiger partial charge in [-0.15, -0.1) is 0 Å². The molecule has 1 aliphatic rings. The van der Waals surface area contributed by atoms with Gasteiger partial charge >= 0.3 is 6.09 Å². The fourth-order valence-corrected chi connectivity index (χ4v) is 1.97. The van der Waals surface area contributed by atoms with Crippen molar-refractivity contribution in [3.8, 4) is 0 Å². The van der Waals surface area contributed by atoms with Crippen LogP contribution >= 0.6 is 0 Å². The molecule has 1 aromatic rings. The molecule has 0 spiro atoms. The molecule has 1 heterocycles. The number of nitrogen functional groups attached to an aromatic ring is 1. The lowest BCUT2D eigenvalue weighted by molar-refractivity contribution is 0.150. The third-order valence-electron chi connectivity index (χ3n) is 2.87. The topological polar surface area (TPSA) is 66.6 Å². The molecule has 1 aromatic carbocycles. The molecule has 0 bridgehead atoms. The fraction of sp³-hybridized carbons (Fsp3) is 0.250. The summed E-state index contributed by atoms with van der Waals surface area (Å²) in [7, 11) is 0. The third-order valence-corrected chi connectivity index (χ3v) is 2.87. The summed E-state index contributed by atoms with van der Waals surface area (Å²) < 4.78 is 27.3. The van der Waals surface area contributed by atoms with Crippen molar-refractivity contribution in [3.05, 3.63) is 35.4 Å². The molecule has 18 heavy (non-hydrogen) atoms. The van der Waals surface area contributed by atoms with E-state index in [4.69, 9.17) is 10.8 Å². The first-order valence-electron chi connectivity index (χ1n) is 5.41. The number of hydrogen-bond acceptors (Lipinski definition) is 2. The lowest BCUT2D eigenvalue weighted by Crippen LogP contribution is -2.33. The summed E-state index contributed by atoms with van der Waals surface area (Å²) in [5.74, 6) is -1.44. The van der Waals surface area contributed by atoms with E-state index in [0.717, 1.165) is 12.1 Å². The van der Waals surface area contributed by atoms with Crippen LogP contribution in [0, 0.1) is 11.6 Å². The highest BCUT2D eigenvalue weighted by Crippen LogP contribution is 2.28. The fourth-order valence-electron chi connectivity index (χ4n) is 1.97. The zero-order chi connectivity index (χ0) is 13.3. The molecular weight excluding hydrogens is 242 g/mol. The average Bonchev–Trinajstić information content (AvgIpc) is 2.28. The standard InChI is InChI=1S/C12H12F2N2O2/c13-9-5-8(15)6-10(14)11(9)7-1-3-16(4-2-7)12(17)18/h1,5-6H,2-4,15H2,(H,17,18). The van der Waals surface area contributed by atoms with Crippen LogP contribution in [0.4, 0.5) is 19.3 Å². The summed E-state index contributed by atoms with van der Waals surface area (Å²) in [4.78, 5) is 11.9. The molecule has 4 nitrogen and oxygen atoms in total. The Hall–Kier alpha value is -2.11. The van der Waals surface area contributed by atoms with Crippen LogP contribution < -0.4 is 5.73 Å². The van der Waals surface area contributed by atoms with Crippen LogP contribution in [0.25, 0.3) is 5.57 Å². The lowest BCUT2D eigenvalue weighted by atomic mass is 9.98. The second-order valence-corrected chi connectivity index (χ2v) is 4.07. The van der Waals surface area contributed by atoms with Crippen LogP contribution in [0.3, 0.4) is 0 Å². The van der Waals surface area contributed by atoms with Gasteiger partial charge in [-0.1, -0.05) is 6.08 Å². The van der Waals surface area contributed by atoms with E-state index in [-0.39, 0.29) is 30.8 Å². The minimum Gasteiger partial charge on any atom is -0.465 e. The van der Waals surface area contributed by atoms with Crippen molar-refractivity contribution < 1.29 is 18.7 Å². The van der Waals surface area contributed by atoms with Crippen molar-refractivity contribution in [3.63, 3.8) is 0 Å². The summed E-state index contributed by atoms with van der Waals surface area (Å²) in [5.41, 5.74) is 5.72. The van der Waals surface area contributed by atoms with E-state index in [2.05, 4.69) is 0 Å². The number of hydrogen-bond donors (Lipinski definition) is 2. The Morgan fingerprint density at radius 1 is 1.33 bits per heavy atom. The zero-order valence-electron chi connectivity index (χ0n) is 9.49. The minimum atomic E-state index is -1.04. The number of carbonyl (C=O) groups is 1. The summed E-state index contributed by atoms with van der Waals surface area (Å²) >= 11 is 0. The number of nitrogens with two attached hydrogens (primary N) is 1. The van der Waals surface area contributed by atoms with Crippen LogP contribution in [0.2, 0.25) is 0 Å². The molecule has 0 atom stereocenters. The Balaban J connectivity index is 2.32. The highest BCUT2D eigenvalue weighted by atomic mass is 19.1. The highest BCUT2D eigenvalue weighted by molar-refractivity contribution is 5.72. The molecule has 2 rings (SSSR count). The lowest BCUT2D eigenvalue weighted by Gasteiger charge is -2.24. The van der Waals surface area contributed by atoms with Crippen molar-refractivity contribution in [2.75, 3.05) is 18.8 Å². The van der Waals surface area contributed by atoms with Gasteiger partial charge in [-0.25, -0.2) is 13.6 Å². The van der Waals surface area contributed by atoms with E-state index in [1.165, 1.54) is 11.0 Å². The molecule has 6 heteroatoms. The first-order valence-corrected chi connectivity index (χ1v) is 5.41. The molecular formula is C12H12F2N2O2. The van der Waals surface area contributed by atoms with Crippen molar-refractivity contribution in [2.45, 2.75) is 6.42 Å². The van der Waals surface area contributed by atoms with Gasteiger partial charge in [0.05, 0.1) is 0 Å². The number of nitrogens with zero attached hydrogens (tertiary/aromatic N) is 1. The number of carboxylic acid groups (broad SMARTS) is 1. The molecule has 96 valence electrons. The molecule has 3 N–H and O–H groups in total. The number of amides is 1. The van der Waals surface area contributed by atoms with Crippen LogP contribution in [0.15, 0.2) is 18.2 Å². The van der Waals surface area contributed by atoms with Crippen molar-refractivity contribution in [2.24, 2.45) is 0 Å². The molecule has 0 fully saturated rings. The van der Waals surface area contributed by atoms with Gasteiger partial charge in [0, 0.05) is 24.3 Å². The van der Waals surface area contributed by atoms with Crippen LogP contribution in [0.5, 0.6) is 0 Å². The van der Waals surface area contributed by atoms with Crippen molar-refractivity contribution in [1.29, 1.82) is 0 Å². The quantitative estimate of drug-likeness (QED) is 0.756. The van der Waals surface area contributed by atoms with Crippen LogP contribution in [-0.2, 0) is 0 Å². The van der Waals surface area contributed by atoms with E-state index >= 15 is 0 Å². The molecule has 1 amide bonds. The van der Waals surface area contributed by atoms with Crippen molar-refractivity contribution in [1.82, 2.24) is 4.90 Å². The summed E-state index contributed by atoms with van der Waals surface area (Å²) in [6.07, 6.45) is 0.767. The monoisotopic (exact) mass is 254 g/mol. The second-order valence-electron chi connectivity index (χ2n) is 4.07. The molecule has 0 aromatic heterocycles. The largest absolute Gasteiger partial charge is 0.465 e. The maximum absolute atomic E-state index is 13.7. The zero-order valence-corrected chi connectivity index (χ0v) is 9.49. The maximum Gasteiger partial charge on any atom is 0.407 e. The summed E-state index contributed by atoms with van der Waals surface area (Å²) in [5, 5.41) is 8.77. The van der Waals surface area contributed by atoms with E-state index < -0.39 is 17.7 Å². The summed E-state index contributed by atoms with van der Waals surface area (Å²) in [6.45, 7) is 0.359. The van der Waals surface area contributed by atoms with Crippen LogP contribution in [-0.4, -0.2) is 29.2 Å². The van der Waals surface area contributed by atoms with E-state index in [9.17, 15) is 13.6 Å². The van der Waals surface area contributed by atoms with Gasteiger partial charge in [-0.05, 0) is 24.1 Å². The van der Waals surface area contributed by atoms with Gasteiger partial charge in [0.2, 0.25) is 0 Å². The van der Waals surface area contributed by atoms with Crippen LogP contribution in [0.1, 0.15) is 12.0 Å². The van der Waals surface area contributed by atoms with Gasteiger partial charge < -0.3 is 15.7 Å². The molecule has 0 unspecified atom stereocenters. The molecule has 0 radical (unpaired) electrons. The number of benzene rings is 1. The number of rotatable bonds is 1. The van der Waals surface area contributed by atoms with E-state index in [1.54, 1.807) is 0 Å². The molecule has 0 aliphatic carbocycles. The first kappa shape index (κ1) is 12.3. The summed E-state index contributed by atoms with van der Waals surface area (Å²) in [6, 6.07) is 2.12. The Labute approximate surface area is 102 Å². The molecule has 1 aliphatic heterocycles. The number of anilines is 1. The Morgan fingerprint density at radius 2 is 1.94 bits per heavy atom. The first-order chi connectivity index (χ1) is 8.49. The SMILES string of the molecule is Nc1cc(F)c(C2=CCN(C(=O)O)CC2)c(F)c1. The molecule has 0 saturated heterocycles. The third kappa shape index (κ3) is 2.27. The Morgan fingerprint density at radius 3 is 2.39 bits per heavy atom. The normalized spacial score (nSPS) is 15.4. The second kappa shape index (κ2) is 4.64. The number of halogens is 2. The average molecular weight is 254 g/mol. The minimum absolute atomic E-state index is 0.0253. The van der Waals surface area contributed by atoms with E-state index in [0.29, 0.717) is 5.57 Å². The molecule has 0 saturated carbocycles. The van der Waals surface area contributed by atoms with Gasteiger partial charge in [-0.2, -0.15) is 0 Å². The Bertz CT molecular complexity index is 506. The smallest absolute Gasteiger partial charge is 0.407 e.